The highest BCUT2D eigenvalue weighted by Gasteiger charge is 2.27. The smallest absolute Gasteiger partial charge is 0.261 e. The summed E-state index contributed by atoms with van der Waals surface area (Å²) in [6.07, 6.45) is 7.56. The molecule has 2 N–H and O–H groups in total. The third-order valence-electron chi connectivity index (χ3n) is 7.67. The topological polar surface area (TPSA) is 97.1 Å². The van der Waals surface area contributed by atoms with Crippen molar-refractivity contribution in [2.45, 2.75) is 71.8 Å². The number of nitrogens with one attached hydrogen (secondary N) is 2. The molecule has 0 saturated carbocycles. The van der Waals surface area contributed by atoms with E-state index < -0.39 is 5.81 Å². The van der Waals surface area contributed by atoms with Gasteiger partial charge in [-0.3, -0.25) is 19.6 Å². The Morgan fingerprint density at radius 2 is 1.90 bits per heavy atom. The van der Waals surface area contributed by atoms with Crippen molar-refractivity contribution in [3.8, 4) is 11.1 Å². The minimum Gasteiger partial charge on any atom is -0.494 e. The molecule has 0 fully saturated rings. The first-order valence-electron chi connectivity index (χ1n) is 14.4. The predicted molar refractivity (Wildman–Crippen MR) is 163 cm³/mol. The first-order valence-corrected chi connectivity index (χ1v) is 14.4. The molecule has 5 rings (SSSR count). The summed E-state index contributed by atoms with van der Waals surface area (Å²) >= 11 is 0. The van der Waals surface area contributed by atoms with Crippen LogP contribution in [0.5, 0.6) is 0 Å². The Labute approximate surface area is 242 Å². The van der Waals surface area contributed by atoms with Crippen molar-refractivity contribution in [1.82, 2.24) is 14.9 Å². The van der Waals surface area contributed by atoms with E-state index in [2.05, 4.69) is 32.2 Å². The third-order valence-corrected chi connectivity index (χ3v) is 7.67. The van der Waals surface area contributed by atoms with Crippen LogP contribution in [0.2, 0.25) is 0 Å². The van der Waals surface area contributed by atoms with Crippen molar-refractivity contribution in [1.29, 1.82) is 5.41 Å². The molecule has 2 heterocycles. The Hall–Kier alpha value is -4.20. The lowest BCUT2D eigenvalue weighted by Gasteiger charge is -2.21. The van der Waals surface area contributed by atoms with Crippen LogP contribution in [-0.4, -0.2) is 35.1 Å². The summed E-state index contributed by atoms with van der Waals surface area (Å²) in [5, 5.41) is 10.6. The van der Waals surface area contributed by atoms with E-state index in [-0.39, 0.29) is 17.5 Å². The van der Waals surface area contributed by atoms with E-state index in [4.69, 9.17) is 23.0 Å². The van der Waals surface area contributed by atoms with Crippen LogP contribution in [0.3, 0.4) is 0 Å². The number of amidine groups is 1. The average Bonchev–Trinajstić information content (AvgIpc) is 3.34. The molecule has 2 radical (unpaired) electrons. The molecule has 8 heteroatoms. The number of aryl methyl sites for hydroxylation is 2. The maximum atomic E-state index is 14.2. The van der Waals surface area contributed by atoms with Gasteiger partial charge < -0.3 is 10.1 Å². The Balaban J connectivity index is 1.50. The fraction of sp³-hybridized carbons (Fsp3) is 0.333. The van der Waals surface area contributed by atoms with Crippen molar-refractivity contribution >= 4 is 25.2 Å². The molecule has 0 bridgehead atoms. The van der Waals surface area contributed by atoms with Crippen molar-refractivity contribution in [2.24, 2.45) is 0 Å². The molecule has 1 atom stereocenters. The molecule has 41 heavy (non-hydrogen) atoms. The van der Waals surface area contributed by atoms with Gasteiger partial charge in [0.25, 0.3) is 5.56 Å². The van der Waals surface area contributed by atoms with Crippen LogP contribution in [0, 0.1) is 5.41 Å². The van der Waals surface area contributed by atoms with Crippen molar-refractivity contribution in [2.75, 3.05) is 0 Å². The molecule has 2 aromatic carbocycles. The van der Waals surface area contributed by atoms with Gasteiger partial charge in [0, 0.05) is 42.5 Å². The minimum absolute atomic E-state index is 0.0166. The standard InChI is InChI=1S/C33H35BN4O3/c1-4-8-28-27(32(39)38(30(5-2)36-28)24-15-16-29-23(19-24)17-20(3)41-29)18-21-11-13-22(14-12-21)25-9-6-7-10-26(25)31(35)37-33(34)40/h6-7,9-14,19-20H,4-5,8,15-18H2,1-3H3,(H2,35,37,40). The lowest BCUT2D eigenvalue weighted by Crippen LogP contribution is -2.30. The van der Waals surface area contributed by atoms with E-state index in [9.17, 15) is 9.59 Å². The van der Waals surface area contributed by atoms with Gasteiger partial charge in [-0.25, -0.2) is 4.98 Å². The molecule has 7 nitrogen and oxygen atoms in total. The SMILES string of the molecule is [B]C(=O)NC(=N)c1ccccc1-c1ccc(Cc2c(CCC)nc(CC)n(C3=CC4=C(CC3)OC(C)C4)c2=O)cc1. The van der Waals surface area contributed by atoms with Gasteiger partial charge in [-0.2, -0.15) is 0 Å². The van der Waals surface area contributed by atoms with Crippen LogP contribution in [0.15, 0.2) is 70.7 Å². The highest BCUT2D eigenvalue weighted by molar-refractivity contribution is 6.58. The second-order valence-corrected chi connectivity index (χ2v) is 10.7. The van der Waals surface area contributed by atoms with Gasteiger partial charge in [-0.15, -0.1) is 0 Å². The Morgan fingerprint density at radius 1 is 1.15 bits per heavy atom. The summed E-state index contributed by atoms with van der Waals surface area (Å²) in [5.74, 6) is 1.04. The number of rotatable bonds is 8. The molecule has 1 unspecified atom stereocenters. The molecule has 0 saturated heterocycles. The van der Waals surface area contributed by atoms with Gasteiger partial charge in [0.1, 0.15) is 17.4 Å². The number of amides is 1. The van der Waals surface area contributed by atoms with E-state index in [1.54, 1.807) is 6.07 Å². The fourth-order valence-corrected chi connectivity index (χ4v) is 5.79. The lowest BCUT2D eigenvalue weighted by molar-refractivity contribution is 0.153. The Kier molecular flexibility index (Phi) is 8.38. The number of hydrogen-bond acceptors (Lipinski definition) is 5. The second-order valence-electron chi connectivity index (χ2n) is 10.7. The van der Waals surface area contributed by atoms with E-state index in [1.807, 2.05) is 47.0 Å². The second kappa shape index (κ2) is 12.1. The summed E-state index contributed by atoms with van der Waals surface area (Å²) in [6.45, 7) is 6.25. The van der Waals surface area contributed by atoms with Gasteiger partial charge in [0.2, 0.25) is 7.85 Å². The molecule has 1 aliphatic carbocycles. The lowest BCUT2D eigenvalue weighted by atomic mass is 9.95. The third kappa shape index (κ3) is 5.97. The van der Waals surface area contributed by atoms with Gasteiger partial charge in [-0.05, 0) is 48.1 Å². The molecular weight excluding hydrogens is 511 g/mol. The number of aromatic nitrogens is 2. The van der Waals surface area contributed by atoms with E-state index in [0.29, 0.717) is 18.4 Å². The molecule has 1 aliphatic heterocycles. The van der Waals surface area contributed by atoms with Crippen molar-refractivity contribution in [3.63, 3.8) is 0 Å². The summed E-state index contributed by atoms with van der Waals surface area (Å²) < 4.78 is 7.82. The zero-order valence-electron chi connectivity index (χ0n) is 23.9. The van der Waals surface area contributed by atoms with Crippen LogP contribution in [0.25, 0.3) is 16.8 Å². The fourth-order valence-electron chi connectivity index (χ4n) is 5.79. The highest BCUT2D eigenvalue weighted by atomic mass is 16.5. The van der Waals surface area contributed by atoms with Crippen LogP contribution in [0.1, 0.15) is 74.7 Å². The first kappa shape index (κ1) is 28.3. The highest BCUT2D eigenvalue weighted by Crippen LogP contribution is 2.36. The largest absolute Gasteiger partial charge is 0.494 e. The monoisotopic (exact) mass is 546 g/mol. The zero-order valence-corrected chi connectivity index (χ0v) is 23.9. The van der Waals surface area contributed by atoms with Crippen molar-refractivity contribution in [3.05, 3.63) is 105 Å². The zero-order chi connectivity index (χ0) is 29.1. The molecule has 2 aliphatic rings. The number of ether oxygens (including phenoxy) is 1. The molecule has 1 amide bonds. The van der Waals surface area contributed by atoms with E-state index in [0.717, 1.165) is 77.3 Å². The Bertz CT molecular complexity index is 1620. The van der Waals surface area contributed by atoms with E-state index in [1.165, 1.54) is 5.57 Å². The predicted octanol–water partition coefficient (Wildman–Crippen LogP) is 5.92. The van der Waals surface area contributed by atoms with Gasteiger partial charge >= 0.3 is 0 Å². The molecule has 0 spiro atoms. The minimum atomic E-state index is -0.774. The molecular formula is C33H35BN4O3. The van der Waals surface area contributed by atoms with Crippen LogP contribution >= 0.6 is 0 Å². The van der Waals surface area contributed by atoms with Gasteiger partial charge in [0.05, 0.1) is 11.8 Å². The molecule has 208 valence electrons. The first-order chi connectivity index (χ1) is 19.8. The van der Waals surface area contributed by atoms with Crippen LogP contribution in [-0.2, 0) is 24.0 Å². The normalized spacial score (nSPS) is 16.2. The van der Waals surface area contributed by atoms with Crippen molar-refractivity contribution < 1.29 is 9.53 Å². The number of hydrogen-bond donors (Lipinski definition) is 2. The van der Waals surface area contributed by atoms with Crippen LogP contribution in [0.4, 0.5) is 4.79 Å². The summed E-state index contributed by atoms with van der Waals surface area (Å²) in [4.78, 5) is 30.5. The maximum Gasteiger partial charge on any atom is 0.261 e. The van der Waals surface area contributed by atoms with Crippen LogP contribution < -0.4 is 10.9 Å². The number of allylic oxidation sites excluding steroid dienone is 3. The quantitative estimate of drug-likeness (QED) is 0.208. The molecule has 1 aromatic heterocycles. The average molecular weight is 546 g/mol. The number of nitrogens with zero attached hydrogens (tertiary/aromatic N) is 2. The molecule has 3 aromatic rings. The number of carbonyl (C=O) groups is 1. The Morgan fingerprint density at radius 3 is 2.61 bits per heavy atom. The summed E-state index contributed by atoms with van der Waals surface area (Å²) in [6, 6.07) is 15.4. The summed E-state index contributed by atoms with van der Waals surface area (Å²) in [7, 11) is 5.23. The number of carbonyl (C=O) groups excluding carboxylic acids is 1. The van der Waals surface area contributed by atoms with Gasteiger partial charge in [0.15, 0.2) is 5.81 Å². The summed E-state index contributed by atoms with van der Waals surface area (Å²) in [5.41, 5.74) is 7.11. The number of benzene rings is 2. The van der Waals surface area contributed by atoms with E-state index >= 15 is 0 Å². The maximum absolute atomic E-state index is 14.2. The van der Waals surface area contributed by atoms with Gasteiger partial charge in [-0.1, -0.05) is 68.8 Å².